The Kier molecular flexibility index (Phi) is 4.65. The third-order valence-corrected chi connectivity index (χ3v) is 2.18. The third kappa shape index (κ3) is 3.14. The largest absolute Gasteiger partial charge is 0.468 e. The van der Waals surface area contributed by atoms with Gasteiger partial charge < -0.3 is 20.2 Å². The standard InChI is InChI=1S/C10H18N2O2/c1-8(13-2)7-12-9(6-11)10-4-3-5-14-10/h3-5,8-9,12H,6-7,11H2,1-2H3. The summed E-state index contributed by atoms with van der Waals surface area (Å²) in [7, 11) is 1.69. The van der Waals surface area contributed by atoms with Crippen molar-refractivity contribution in [1.82, 2.24) is 5.32 Å². The number of furan rings is 1. The van der Waals surface area contributed by atoms with Gasteiger partial charge in [-0.15, -0.1) is 0 Å². The zero-order valence-corrected chi connectivity index (χ0v) is 8.69. The number of rotatable bonds is 6. The van der Waals surface area contributed by atoms with E-state index in [9.17, 15) is 0 Å². The molecule has 0 radical (unpaired) electrons. The van der Waals surface area contributed by atoms with Crippen LogP contribution in [0.5, 0.6) is 0 Å². The molecule has 0 saturated heterocycles. The lowest BCUT2D eigenvalue weighted by atomic mass is 10.2. The molecule has 2 unspecified atom stereocenters. The van der Waals surface area contributed by atoms with Crippen molar-refractivity contribution in [2.75, 3.05) is 20.2 Å². The Bertz CT molecular complexity index is 236. The molecule has 3 N–H and O–H groups in total. The predicted octanol–water partition coefficient (Wildman–Crippen LogP) is 0.904. The number of ether oxygens (including phenoxy) is 1. The average molecular weight is 198 g/mol. The molecular weight excluding hydrogens is 180 g/mol. The first-order chi connectivity index (χ1) is 6.77. The van der Waals surface area contributed by atoms with E-state index in [2.05, 4.69) is 5.32 Å². The van der Waals surface area contributed by atoms with E-state index >= 15 is 0 Å². The Morgan fingerprint density at radius 3 is 2.93 bits per heavy atom. The van der Waals surface area contributed by atoms with Gasteiger partial charge in [0.2, 0.25) is 0 Å². The fraction of sp³-hybridized carbons (Fsp3) is 0.600. The van der Waals surface area contributed by atoms with Gasteiger partial charge in [0.25, 0.3) is 0 Å². The lowest BCUT2D eigenvalue weighted by molar-refractivity contribution is 0.113. The van der Waals surface area contributed by atoms with Crippen LogP contribution < -0.4 is 11.1 Å². The molecule has 0 aromatic carbocycles. The highest BCUT2D eigenvalue weighted by atomic mass is 16.5. The minimum absolute atomic E-state index is 0.0719. The van der Waals surface area contributed by atoms with Gasteiger partial charge in [-0.1, -0.05) is 0 Å². The normalized spacial score (nSPS) is 15.4. The molecule has 2 atom stereocenters. The second-order valence-electron chi connectivity index (χ2n) is 3.26. The zero-order valence-electron chi connectivity index (χ0n) is 8.69. The molecule has 80 valence electrons. The van der Waals surface area contributed by atoms with Crippen molar-refractivity contribution in [3.8, 4) is 0 Å². The SMILES string of the molecule is COC(C)CNC(CN)c1ccco1. The van der Waals surface area contributed by atoms with Crippen LogP contribution >= 0.6 is 0 Å². The quantitative estimate of drug-likeness (QED) is 0.713. The highest BCUT2D eigenvalue weighted by Gasteiger charge is 2.12. The van der Waals surface area contributed by atoms with Crippen molar-refractivity contribution in [1.29, 1.82) is 0 Å². The zero-order chi connectivity index (χ0) is 10.4. The first-order valence-electron chi connectivity index (χ1n) is 4.77. The van der Waals surface area contributed by atoms with E-state index in [-0.39, 0.29) is 12.1 Å². The van der Waals surface area contributed by atoms with Gasteiger partial charge in [-0.3, -0.25) is 0 Å². The molecule has 0 aliphatic rings. The third-order valence-electron chi connectivity index (χ3n) is 2.18. The van der Waals surface area contributed by atoms with Crippen LogP contribution in [0.15, 0.2) is 22.8 Å². The van der Waals surface area contributed by atoms with Gasteiger partial charge in [0.05, 0.1) is 18.4 Å². The van der Waals surface area contributed by atoms with Crippen LogP contribution in [0.2, 0.25) is 0 Å². The van der Waals surface area contributed by atoms with Gasteiger partial charge in [0.1, 0.15) is 5.76 Å². The van der Waals surface area contributed by atoms with Gasteiger partial charge in [0, 0.05) is 20.2 Å². The molecule has 4 nitrogen and oxygen atoms in total. The molecule has 14 heavy (non-hydrogen) atoms. The number of nitrogens with one attached hydrogen (secondary N) is 1. The first kappa shape index (κ1) is 11.2. The predicted molar refractivity (Wildman–Crippen MR) is 55.0 cm³/mol. The minimum atomic E-state index is 0.0719. The highest BCUT2D eigenvalue weighted by Crippen LogP contribution is 2.11. The second kappa shape index (κ2) is 5.80. The topological polar surface area (TPSA) is 60.4 Å². The van der Waals surface area contributed by atoms with E-state index in [0.717, 1.165) is 12.3 Å². The van der Waals surface area contributed by atoms with Crippen molar-refractivity contribution >= 4 is 0 Å². The molecule has 1 aromatic heterocycles. The van der Waals surface area contributed by atoms with Crippen LogP contribution in [0.4, 0.5) is 0 Å². The molecule has 0 aliphatic carbocycles. The van der Waals surface area contributed by atoms with E-state index in [0.29, 0.717) is 6.54 Å². The Morgan fingerprint density at radius 2 is 2.43 bits per heavy atom. The number of hydrogen-bond donors (Lipinski definition) is 2. The van der Waals surface area contributed by atoms with Crippen LogP contribution in [0.1, 0.15) is 18.7 Å². The molecule has 0 aliphatic heterocycles. The molecule has 4 heteroatoms. The molecule has 1 aromatic rings. The molecule has 0 spiro atoms. The van der Waals surface area contributed by atoms with Gasteiger partial charge >= 0.3 is 0 Å². The molecule has 0 fully saturated rings. The molecular formula is C10H18N2O2. The van der Waals surface area contributed by atoms with Gasteiger partial charge in [-0.2, -0.15) is 0 Å². The summed E-state index contributed by atoms with van der Waals surface area (Å²) < 4.78 is 10.4. The molecule has 0 bridgehead atoms. The summed E-state index contributed by atoms with van der Waals surface area (Å²) in [4.78, 5) is 0. The van der Waals surface area contributed by atoms with E-state index in [1.54, 1.807) is 13.4 Å². The van der Waals surface area contributed by atoms with Gasteiger partial charge in [-0.05, 0) is 19.1 Å². The van der Waals surface area contributed by atoms with E-state index < -0.39 is 0 Å². The van der Waals surface area contributed by atoms with Gasteiger partial charge in [-0.25, -0.2) is 0 Å². The minimum Gasteiger partial charge on any atom is -0.468 e. The number of nitrogens with two attached hydrogens (primary N) is 1. The van der Waals surface area contributed by atoms with Crippen molar-refractivity contribution in [2.45, 2.75) is 19.1 Å². The van der Waals surface area contributed by atoms with Crippen LogP contribution in [-0.2, 0) is 4.74 Å². The van der Waals surface area contributed by atoms with Gasteiger partial charge in [0.15, 0.2) is 0 Å². The second-order valence-corrected chi connectivity index (χ2v) is 3.26. The fourth-order valence-corrected chi connectivity index (χ4v) is 1.18. The Labute approximate surface area is 84.4 Å². The maximum atomic E-state index is 5.63. The molecule has 0 amide bonds. The summed E-state index contributed by atoms with van der Waals surface area (Å²) in [6.07, 6.45) is 1.83. The Balaban J connectivity index is 2.40. The van der Waals surface area contributed by atoms with Crippen molar-refractivity contribution in [3.63, 3.8) is 0 Å². The summed E-state index contributed by atoms with van der Waals surface area (Å²) in [5.41, 5.74) is 5.63. The first-order valence-corrected chi connectivity index (χ1v) is 4.77. The maximum Gasteiger partial charge on any atom is 0.121 e. The summed E-state index contributed by atoms with van der Waals surface area (Å²) in [6, 6.07) is 3.85. The van der Waals surface area contributed by atoms with Crippen LogP contribution in [-0.4, -0.2) is 26.3 Å². The summed E-state index contributed by atoms with van der Waals surface area (Å²) in [5.74, 6) is 0.871. The summed E-state index contributed by atoms with van der Waals surface area (Å²) in [5, 5.41) is 3.28. The van der Waals surface area contributed by atoms with Crippen molar-refractivity contribution in [2.24, 2.45) is 5.73 Å². The fourth-order valence-electron chi connectivity index (χ4n) is 1.18. The van der Waals surface area contributed by atoms with Crippen LogP contribution in [0.25, 0.3) is 0 Å². The maximum absolute atomic E-state index is 5.63. The molecule has 0 saturated carbocycles. The lowest BCUT2D eigenvalue weighted by Gasteiger charge is -2.17. The van der Waals surface area contributed by atoms with E-state index in [4.69, 9.17) is 14.9 Å². The molecule has 1 heterocycles. The number of hydrogen-bond acceptors (Lipinski definition) is 4. The van der Waals surface area contributed by atoms with E-state index in [1.807, 2.05) is 19.1 Å². The van der Waals surface area contributed by atoms with E-state index in [1.165, 1.54) is 0 Å². The highest BCUT2D eigenvalue weighted by molar-refractivity contribution is 5.04. The smallest absolute Gasteiger partial charge is 0.121 e. The summed E-state index contributed by atoms with van der Waals surface area (Å²) in [6.45, 7) is 3.28. The number of methoxy groups -OCH3 is 1. The average Bonchev–Trinajstić information content (AvgIpc) is 2.72. The monoisotopic (exact) mass is 198 g/mol. The lowest BCUT2D eigenvalue weighted by Crippen LogP contribution is -2.33. The van der Waals surface area contributed by atoms with Crippen molar-refractivity contribution in [3.05, 3.63) is 24.2 Å². The summed E-state index contributed by atoms with van der Waals surface area (Å²) >= 11 is 0. The van der Waals surface area contributed by atoms with Crippen molar-refractivity contribution < 1.29 is 9.15 Å². The molecule has 1 rings (SSSR count). The Hall–Kier alpha value is -0.840. The Morgan fingerprint density at radius 1 is 1.64 bits per heavy atom. The van der Waals surface area contributed by atoms with Crippen LogP contribution in [0.3, 0.4) is 0 Å². The van der Waals surface area contributed by atoms with Crippen LogP contribution in [0, 0.1) is 0 Å².